The fourth-order valence-electron chi connectivity index (χ4n) is 3.74. The fourth-order valence-corrected chi connectivity index (χ4v) is 4.47. The highest BCUT2D eigenvalue weighted by Gasteiger charge is 2.29. The molecule has 1 amide bonds. The number of rotatable bonds is 8. The van der Waals surface area contributed by atoms with E-state index in [1.807, 2.05) is 56.8 Å². The maximum atomic E-state index is 12.1. The Kier molecular flexibility index (Phi) is 6.72. The summed E-state index contributed by atoms with van der Waals surface area (Å²) in [6, 6.07) is 18.0. The predicted octanol–water partition coefficient (Wildman–Crippen LogP) is 5.68. The van der Waals surface area contributed by atoms with E-state index in [2.05, 4.69) is 46.8 Å². The van der Waals surface area contributed by atoms with E-state index < -0.39 is 11.6 Å². The minimum absolute atomic E-state index is 0.430. The van der Waals surface area contributed by atoms with Crippen LogP contribution in [0.2, 0.25) is 0 Å². The lowest BCUT2D eigenvalue weighted by Gasteiger charge is -2.32. The van der Waals surface area contributed by atoms with Crippen LogP contribution in [0, 0.1) is 0 Å². The zero-order valence-electron chi connectivity index (χ0n) is 19.3. The van der Waals surface area contributed by atoms with Gasteiger partial charge in [-0.05, 0) is 55.5 Å². The SMILES string of the molecule is Cn1c(-c2ccc(-c3cccs3)cc2)cnc1[C@H](Cc1ccccn1)N(C=O)OC(C)(C)C. The average Bonchev–Trinajstić information content (AvgIpc) is 3.47. The van der Waals surface area contributed by atoms with Gasteiger partial charge in [-0.1, -0.05) is 36.4 Å². The molecule has 0 spiro atoms. The van der Waals surface area contributed by atoms with Crippen LogP contribution in [-0.2, 0) is 23.1 Å². The summed E-state index contributed by atoms with van der Waals surface area (Å²) in [4.78, 5) is 28.5. The predicted molar refractivity (Wildman–Crippen MR) is 131 cm³/mol. The van der Waals surface area contributed by atoms with Gasteiger partial charge >= 0.3 is 0 Å². The van der Waals surface area contributed by atoms with Crippen molar-refractivity contribution in [2.75, 3.05) is 0 Å². The van der Waals surface area contributed by atoms with E-state index in [0.29, 0.717) is 6.42 Å². The lowest BCUT2D eigenvalue weighted by atomic mass is 10.1. The Morgan fingerprint density at radius 1 is 1.06 bits per heavy atom. The summed E-state index contributed by atoms with van der Waals surface area (Å²) in [6.45, 7) is 5.75. The van der Waals surface area contributed by atoms with Crippen molar-refractivity contribution in [2.24, 2.45) is 7.05 Å². The van der Waals surface area contributed by atoms with Crippen molar-refractivity contribution in [1.82, 2.24) is 19.6 Å². The fraction of sp³-hybridized carbons (Fsp3) is 0.269. The summed E-state index contributed by atoms with van der Waals surface area (Å²) in [6.07, 6.45) is 4.81. The molecule has 0 saturated heterocycles. The molecular formula is C26H28N4O2S. The van der Waals surface area contributed by atoms with Crippen molar-refractivity contribution in [3.05, 3.63) is 83.9 Å². The molecule has 0 fully saturated rings. The molecule has 4 rings (SSSR count). The Labute approximate surface area is 198 Å². The highest BCUT2D eigenvalue weighted by Crippen LogP contribution is 2.31. The highest BCUT2D eigenvalue weighted by atomic mass is 32.1. The maximum Gasteiger partial charge on any atom is 0.234 e. The number of amides is 1. The Morgan fingerprint density at radius 2 is 1.82 bits per heavy atom. The molecule has 0 aliphatic rings. The van der Waals surface area contributed by atoms with Crippen molar-refractivity contribution in [2.45, 2.75) is 38.8 Å². The quantitative estimate of drug-likeness (QED) is 0.251. The number of thiophene rings is 1. The molecule has 0 aliphatic carbocycles. The van der Waals surface area contributed by atoms with Gasteiger partial charge in [-0.15, -0.1) is 11.3 Å². The van der Waals surface area contributed by atoms with Crippen molar-refractivity contribution < 1.29 is 9.63 Å². The molecule has 0 aliphatic heterocycles. The molecular weight excluding hydrogens is 432 g/mol. The largest absolute Gasteiger partial charge is 0.329 e. The zero-order valence-corrected chi connectivity index (χ0v) is 20.1. The average molecular weight is 461 g/mol. The molecule has 170 valence electrons. The second-order valence-corrected chi connectivity index (χ2v) is 9.77. The molecule has 0 saturated carbocycles. The number of nitrogens with zero attached hydrogens (tertiary/aromatic N) is 4. The van der Waals surface area contributed by atoms with E-state index in [9.17, 15) is 4.79 Å². The summed E-state index contributed by atoms with van der Waals surface area (Å²) in [5.74, 6) is 0.731. The van der Waals surface area contributed by atoms with E-state index >= 15 is 0 Å². The molecule has 3 heterocycles. The third kappa shape index (κ3) is 5.38. The number of benzene rings is 1. The number of hydrogen-bond donors (Lipinski definition) is 0. The normalized spacial score (nSPS) is 12.5. The maximum absolute atomic E-state index is 12.1. The second kappa shape index (κ2) is 9.68. The van der Waals surface area contributed by atoms with Gasteiger partial charge < -0.3 is 4.57 Å². The lowest BCUT2D eigenvalue weighted by molar-refractivity contribution is -0.235. The number of carbonyl (C=O) groups excluding carboxylic acids is 1. The third-order valence-electron chi connectivity index (χ3n) is 5.23. The summed E-state index contributed by atoms with van der Waals surface area (Å²) in [7, 11) is 1.97. The van der Waals surface area contributed by atoms with Crippen molar-refractivity contribution in [3.63, 3.8) is 0 Å². The van der Waals surface area contributed by atoms with E-state index in [1.165, 1.54) is 15.5 Å². The summed E-state index contributed by atoms with van der Waals surface area (Å²) in [5.41, 5.74) is 3.54. The van der Waals surface area contributed by atoms with Crippen LogP contribution in [0.4, 0.5) is 0 Å². The Bertz CT molecular complexity index is 1180. The van der Waals surface area contributed by atoms with E-state index in [-0.39, 0.29) is 0 Å². The van der Waals surface area contributed by atoms with Gasteiger partial charge in [0.25, 0.3) is 0 Å². The molecule has 0 N–H and O–H groups in total. The molecule has 0 radical (unpaired) electrons. The zero-order chi connectivity index (χ0) is 23.4. The number of carbonyl (C=O) groups is 1. The first-order valence-corrected chi connectivity index (χ1v) is 11.7. The number of imidazole rings is 1. The minimum atomic E-state index is -0.533. The second-order valence-electron chi connectivity index (χ2n) is 8.83. The van der Waals surface area contributed by atoms with Gasteiger partial charge in [-0.3, -0.25) is 14.6 Å². The van der Waals surface area contributed by atoms with E-state index in [0.717, 1.165) is 29.2 Å². The van der Waals surface area contributed by atoms with Crippen molar-refractivity contribution >= 4 is 17.7 Å². The molecule has 33 heavy (non-hydrogen) atoms. The van der Waals surface area contributed by atoms with Crippen LogP contribution in [0.1, 0.15) is 38.3 Å². The number of hydroxylamine groups is 2. The van der Waals surface area contributed by atoms with Gasteiger partial charge in [0.1, 0.15) is 11.9 Å². The lowest BCUT2D eigenvalue weighted by Crippen LogP contribution is -2.38. The number of aromatic nitrogens is 3. The van der Waals surface area contributed by atoms with Crippen molar-refractivity contribution in [3.8, 4) is 21.7 Å². The first-order valence-electron chi connectivity index (χ1n) is 10.8. The first kappa shape index (κ1) is 22.9. The van der Waals surface area contributed by atoms with Gasteiger partial charge in [-0.2, -0.15) is 0 Å². The van der Waals surface area contributed by atoms with Crippen LogP contribution in [0.15, 0.2) is 72.4 Å². The first-order chi connectivity index (χ1) is 15.9. The van der Waals surface area contributed by atoms with Gasteiger partial charge in [0.2, 0.25) is 6.41 Å². The summed E-state index contributed by atoms with van der Waals surface area (Å²) < 4.78 is 2.02. The van der Waals surface area contributed by atoms with Crippen LogP contribution in [0.25, 0.3) is 21.7 Å². The third-order valence-corrected chi connectivity index (χ3v) is 6.15. The van der Waals surface area contributed by atoms with E-state index in [4.69, 9.17) is 9.82 Å². The summed E-state index contributed by atoms with van der Waals surface area (Å²) >= 11 is 1.72. The number of hydrogen-bond acceptors (Lipinski definition) is 5. The molecule has 4 aromatic rings. The highest BCUT2D eigenvalue weighted by molar-refractivity contribution is 7.13. The minimum Gasteiger partial charge on any atom is -0.329 e. The molecule has 3 aromatic heterocycles. The smallest absolute Gasteiger partial charge is 0.234 e. The number of pyridine rings is 1. The Morgan fingerprint density at radius 3 is 2.42 bits per heavy atom. The van der Waals surface area contributed by atoms with Crippen LogP contribution in [0.5, 0.6) is 0 Å². The van der Waals surface area contributed by atoms with Crippen molar-refractivity contribution in [1.29, 1.82) is 0 Å². The Balaban J connectivity index is 1.68. The molecule has 6 nitrogen and oxygen atoms in total. The molecule has 7 heteroatoms. The van der Waals surface area contributed by atoms with E-state index in [1.54, 1.807) is 17.5 Å². The standard InChI is InChI=1S/C26H28N4O2S/c1-26(2,3)32-30(18-31)22(16-21-8-5-6-14-27-21)25-28-17-23(29(25)4)19-10-12-20(13-11-19)24-9-7-15-33-24/h5-15,17-18,22H,16H2,1-4H3/t22-/m0/s1. The molecule has 1 aromatic carbocycles. The molecule has 0 bridgehead atoms. The van der Waals surface area contributed by atoms with Gasteiger partial charge in [0.15, 0.2) is 0 Å². The van der Waals surface area contributed by atoms with Crippen LogP contribution in [0.3, 0.4) is 0 Å². The molecule has 1 atom stereocenters. The van der Waals surface area contributed by atoms with Crippen LogP contribution >= 0.6 is 11.3 Å². The van der Waals surface area contributed by atoms with Gasteiger partial charge in [0, 0.05) is 30.2 Å². The molecule has 0 unspecified atom stereocenters. The van der Waals surface area contributed by atoms with Crippen LogP contribution in [-0.4, -0.2) is 31.6 Å². The monoisotopic (exact) mass is 460 g/mol. The topological polar surface area (TPSA) is 60.2 Å². The Hall–Kier alpha value is -3.29. The summed E-state index contributed by atoms with van der Waals surface area (Å²) in [5, 5.41) is 3.44. The van der Waals surface area contributed by atoms with Gasteiger partial charge in [0.05, 0.1) is 17.5 Å². The van der Waals surface area contributed by atoms with Crippen LogP contribution < -0.4 is 0 Å². The van der Waals surface area contributed by atoms with Gasteiger partial charge in [-0.25, -0.2) is 10.0 Å².